The highest BCUT2D eigenvalue weighted by Crippen LogP contribution is 1.91. The van der Waals surface area contributed by atoms with E-state index in [1.807, 2.05) is 0 Å². The van der Waals surface area contributed by atoms with Crippen molar-refractivity contribution >= 4 is 20.7 Å². The smallest absolute Gasteiger partial charge is 0.219 e. The van der Waals surface area contributed by atoms with Crippen molar-refractivity contribution in [2.24, 2.45) is 0 Å². The molecule has 0 heterocycles. The van der Waals surface area contributed by atoms with Gasteiger partial charge >= 0.3 is 0 Å². The Morgan fingerprint density at radius 2 is 1.92 bits per heavy atom. The van der Waals surface area contributed by atoms with E-state index in [9.17, 15) is 14.7 Å². The van der Waals surface area contributed by atoms with Crippen LogP contribution < -0.4 is 5.11 Å². The third-order valence-corrected chi connectivity index (χ3v) is 2.52. The summed E-state index contributed by atoms with van der Waals surface area (Å²) in [6.07, 6.45) is 0.601. The lowest BCUT2D eigenvalue weighted by Crippen LogP contribution is -2.43. The van der Waals surface area contributed by atoms with Crippen molar-refractivity contribution in [3.8, 4) is 0 Å². The number of carbonyl (C=O) groups excluding carboxylic acids is 2. The monoisotopic (exact) mass is 188 g/mol. The van der Waals surface area contributed by atoms with Gasteiger partial charge in [-0.1, -0.05) is 13.1 Å². The predicted molar refractivity (Wildman–Crippen MR) is 46.1 cm³/mol. The van der Waals surface area contributed by atoms with Crippen molar-refractivity contribution in [1.82, 2.24) is 4.90 Å². The Kier molecular flexibility index (Phi) is 4.57. The quantitative estimate of drug-likeness (QED) is 0.510. The first kappa shape index (κ1) is 11.2. The number of nitrogens with zero attached hydrogens (tertiary/aromatic N) is 1. The third kappa shape index (κ3) is 4.89. The SMILES string of the molecule is CC(=O)N(CC(=O)[O-])C[SiH](C)C. The molecule has 0 aliphatic carbocycles. The Morgan fingerprint density at radius 1 is 1.42 bits per heavy atom. The summed E-state index contributed by atoms with van der Waals surface area (Å²) >= 11 is 0. The molecule has 0 aliphatic rings. The van der Waals surface area contributed by atoms with Gasteiger partial charge in [-0.3, -0.25) is 4.79 Å². The molecule has 0 unspecified atom stereocenters. The van der Waals surface area contributed by atoms with E-state index in [0.29, 0.717) is 6.17 Å². The lowest BCUT2D eigenvalue weighted by molar-refractivity contribution is -0.305. The number of rotatable bonds is 4. The highest BCUT2D eigenvalue weighted by molar-refractivity contribution is 6.56. The summed E-state index contributed by atoms with van der Waals surface area (Å²) in [5.74, 6) is -1.39. The predicted octanol–water partition coefficient (Wildman–Crippen LogP) is -1.39. The molecule has 70 valence electrons. The molecule has 0 radical (unpaired) electrons. The molecular formula is C7H14NO3Si-. The van der Waals surface area contributed by atoms with E-state index < -0.39 is 14.8 Å². The number of hydrogen-bond acceptors (Lipinski definition) is 3. The van der Waals surface area contributed by atoms with Crippen LogP contribution in [0.25, 0.3) is 0 Å². The topological polar surface area (TPSA) is 60.4 Å². The van der Waals surface area contributed by atoms with Crippen LogP contribution in [0.1, 0.15) is 6.92 Å². The van der Waals surface area contributed by atoms with E-state index in [0.717, 1.165) is 0 Å². The van der Waals surface area contributed by atoms with Crippen LogP contribution in [0.5, 0.6) is 0 Å². The molecule has 0 N–H and O–H groups in total. The molecule has 0 fully saturated rings. The molecule has 1 amide bonds. The standard InChI is InChI=1S/C7H15NO3Si/c1-6(9)8(4-7(10)11)5-12(2)3/h12H,4-5H2,1-3H3,(H,10,11)/p-1. The molecule has 0 aromatic heterocycles. The van der Waals surface area contributed by atoms with Crippen LogP contribution in [0.4, 0.5) is 0 Å². The maximum atomic E-state index is 10.9. The molecule has 0 aromatic rings. The van der Waals surface area contributed by atoms with E-state index in [1.54, 1.807) is 0 Å². The number of carboxylic acid groups (broad SMARTS) is 1. The van der Waals surface area contributed by atoms with Gasteiger partial charge in [0.2, 0.25) is 5.91 Å². The number of carbonyl (C=O) groups is 2. The molecule has 12 heavy (non-hydrogen) atoms. The fourth-order valence-corrected chi connectivity index (χ4v) is 2.17. The van der Waals surface area contributed by atoms with Crippen molar-refractivity contribution in [2.45, 2.75) is 20.0 Å². The number of amides is 1. The molecule has 0 aliphatic heterocycles. The van der Waals surface area contributed by atoms with Crippen LogP contribution in [0.3, 0.4) is 0 Å². The van der Waals surface area contributed by atoms with Gasteiger partial charge < -0.3 is 14.8 Å². The van der Waals surface area contributed by atoms with Crippen LogP contribution >= 0.6 is 0 Å². The number of aliphatic carboxylic acids is 1. The van der Waals surface area contributed by atoms with Crippen molar-refractivity contribution in [3.05, 3.63) is 0 Å². The first-order chi connectivity index (χ1) is 5.43. The fourth-order valence-electron chi connectivity index (χ4n) is 0.901. The Hall–Kier alpha value is -0.843. The summed E-state index contributed by atoms with van der Waals surface area (Å²) in [5.41, 5.74) is 0. The van der Waals surface area contributed by atoms with Gasteiger partial charge in [0.15, 0.2) is 0 Å². The van der Waals surface area contributed by atoms with Gasteiger partial charge in [0.05, 0.1) is 21.3 Å². The van der Waals surface area contributed by atoms with Gasteiger partial charge in [-0.05, 0) is 0 Å². The Balaban J connectivity index is 4.04. The summed E-state index contributed by atoms with van der Waals surface area (Å²) in [7, 11) is -0.929. The van der Waals surface area contributed by atoms with E-state index in [2.05, 4.69) is 13.1 Å². The molecule has 0 rings (SSSR count). The molecule has 0 aromatic carbocycles. The maximum absolute atomic E-state index is 10.9. The third-order valence-electron chi connectivity index (χ3n) is 1.35. The Morgan fingerprint density at radius 3 is 2.17 bits per heavy atom. The largest absolute Gasteiger partial charge is 0.548 e. The number of hydrogen-bond donors (Lipinski definition) is 0. The second-order valence-corrected chi connectivity index (χ2v) is 6.32. The molecule has 4 nitrogen and oxygen atoms in total. The summed E-state index contributed by atoms with van der Waals surface area (Å²) in [6.45, 7) is 5.22. The van der Waals surface area contributed by atoms with E-state index in [1.165, 1.54) is 11.8 Å². The van der Waals surface area contributed by atoms with Crippen LogP contribution in [-0.2, 0) is 9.59 Å². The minimum Gasteiger partial charge on any atom is -0.548 e. The fraction of sp³-hybridized carbons (Fsp3) is 0.714. The van der Waals surface area contributed by atoms with Crippen LogP contribution in [0.15, 0.2) is 0 Å². The molecular weight excluding hydrogens is 174 g/mol. The lowest BCUT2D eigenvalue weighted by Gasteiger charge is -2.22. The van der Waals surface area contributed by atoms with E-state index in [-0.39, 0.29) is 12.5 Å². The van der Waals surface area contributed by atoms with Gasteiger partial charge in [0, 0.05) is 13.1 Å². The Labute approximate surface area is 73.8 Å². The average Bonchev–Trinajstić information content (AvgIpc) is 1.83. The van der Waals surface area contributed by atoms with Crippen LogP contribution in [0.2, 0.25) is 13.1 Å². The highest BCUT2D eigenvalue weighted by atomic mass is 28.3. The molecule has 0 atom stereocenters. The van der Waals surface area contributed by atoms with Gasteiger partial charge in [0.25, 0.3) is 0 Å². The molecule has 0 spiro atoms. The highest BCUT2D eigenvalue weighted by Gasteiger charge is 2.10. The Bertz CT molecular complexity index is 181. The van der Waals surface area contributed by atoms with Crippen molar-refractivity contribution < 1.29 is 14.7 Å². The zero-order valence-electron chi connectivity index (χ0n) is 7.66. The number of carboxylic acids is 1. The molecule has 0 bridgehead atoms. The van der Waals surface area contributed by atoms with Crippen molar-refractivity contribution in [1.29, 1.82) is 0 Å². The van der Waals surface area contributed by atoms with Gasteiger partial charge in [0.1, 0.15) is 0 Å². The first-order valence-corrected chi connectivity index (χ1v) is 7.01. The average molecular weight is 188 g/mol. The van der Waals surface area contributed by atoms with Gasteiger partial charge in [-0.25, -0.2) is 0 Å². The first-order valence-electron chi connectivity index (χ1n) is 3.88. The van der Waals surface area contributed by atoms with E-state index in [4.69, 9.17) is 0 Å². The summed E-state index contributed by atoms with van der Waals surface area (Å²) in [6, 6.07) is 0. The second kappa shape index (κ2) is 4.92. The molecule has 0 saturated heterocycles. The zero-order valence-corrected chi connectivity index (χ0v) is 8.82. The van der Waals surface area contributed by atoms with Gasteiger partial charge in [-0.2, -0.15) is 0 Å². The lowest BCUT2D eigenvalue weighted by atomic mass is 10.5. The summed E-state index contributed by atoms with van der Waals surface area (Å²) in [5, 5.41) is 10.2. The minimum atomic E-state index is -1.19. The second-order valence-electron chi connectivity index (χ2n) is 3.17. The normalized spacial score (nSPS) is 10.0. The maximum Gasteiger partial charge on any atom is 0.219 e. The van der Waals surface area contributed by atoms with Crippen molar-refractivity contribution in [3.63, 3.8) is 0 Å². The van der Waals surface area contributed by atoms with E-state index >= 15 is 0 Å². The summed E-state index contributed by atoms with van der Waals surface area (Å²) < 4.78 is 0. The van der Waals surface area contributed by atoms with Crippen LogP contribution in [0, 0.1) is 0 Å². The van der Waals surface area contributed by atoms with Crippen molar-refractivity contribution in [2.75, 3.05) is 12.7 Å². The molecule has 5 heteroatoms. The molecule has 0 saturated carbocycles. The summed E-state index contributed by atoms with van der Waals surface area (Å²) in [4.78, 5) is 22.4. The zero-order chi connectivity index (χ0) is 9.72. The van der Waals surface area contributed by atoms with Crippen LogP contribution in [-0.4, -0.2) is 38.3 Å². The van der Waals surface area contributed by atoms with Gasteiger partial charge in [-0.15, -0.1) is 0 Å². The minimum absolute atomic E-state index is 0.194.